The molecule has 26 heavy (non-hydrogen) atoms. The first-order valence-electron chi connectivity index (χ1n) is 8.24. The minimum atomic E-state index is -0.137. The van der Waals surface area contributed by atoms with E-state index in [2.05, 4.69) is 0 Å². The molecule has 0 N–H and O–H groups in total. The van der Waals surface area contributed by atoms with Gasteiger partial charge in [-0.1, -0.05) is 41.9 Å². The summed E-state index contributed by atoms with van der Waals surface area (Å²) < 4.78 is 6.38. The summed E-state index contributed by atoms with van der Waals surface area (Å²) in [7, 11) is 0. The van der Waals surface area contributed by atoms with Gasteiger partial charge >= 0.3 is 0 Å². The highest BCUT2D eigenvalue weighted by molar-refractivity contribution is 7.16. The third kappa shape index (κ3) is 4.06. The predicted octanol–water partition coefficient (Wildman–Crippen LogP) is 4.79. The van der Waals surface area contributed by atoms with Crippen LogP contribution in [0.4, 0.5) is 0 Å². The Bertz CT molecular complexity index is 938. The Morgan fingerprint density at radius 3 is 2.69 bits per heavy atom. The molecule has 1 amide bonds. The van der Waals surface area contributed by atoms with Crippen LogP contribution >= 0.6 is 22.9 Å². The molecule has 0 atom stereocenters. The van der Waals surface area contributed by atoms with Crippen molar-refractivity contribution < 1.29 is 14.3 Å². The van der Waals surface area contributed by atoms with Crippen molar-refractivity contribution in [2.45, 2.75) is 13.5 Å². The Kier molecular flexibility index (Phi) is 5.91. The van der Waals surface area contributed by atoms with Crippen LogP contribution in [0.2, 0.25) is 4.34 Å². The summed E-state index contributed by atoms with van der Waals surface area (Å²) in [5, 5.41) is 1.77. The second kappa shape index (κ2) is 8.34. The number of thiophene rings is 1. The molecule has 134 valence electrons. The number of aldehydes is 1. The van der Waals surface area contributed by atoms with E-state index in [0.29, 0.717) is 28.7 Å². The van der Waals surface area contributed by atoms with E-state index >= 15 is 0 Å². The fraction of sp³-hybridized carbons (Fsp3) is 0.200. The van der Waals surface area contributed by atoms with E-state index in [1.165, 1.54) is 11.3 Å². The summed E-state index contributed by atoms with van der Waals surface area (Å²) in [5.74, 6) is 0.282. The molecule has 0 bridgehead atoms. The van der Waals surface area contributed by atoms with Crippen LogP contribution in [-0.4, -0.2) is 30.2 Å². The maximum absolute atomic E-state index is 12.5. The molecule has 3 aromatic rings. The highest BCUT2D eigenvalue weighted by Gasteiger charge is 2.16. The smallest absolute Gasteiger partial charge is 0.260 e. The SMILES string of the molecule is CCN(Cc1ccc(Cl)s1)C(=O)COc1ccc2ccccc2c1C=O. The maximum atomic E-state index is 12.5. The van der Waals surface area contributed by atoms with Crippen LogP contribution in [-0.2, 0) is 11.3 Å². The molecule has 0 fully saturated rings. The van der Waals surface area contributed by atoms with Crippen LogP contribution in [0.15, 0.2) is 48.5 Å². The lowest BCUT2D eigenvalue weighted by atomic mass is 10.0. The molecule has 0 spiro atoms. The summed E-state index contributed by atoms with van der Waals surface area (Å²) in [6, 6.07) is 14.9. The molecule has 0 aliphatic rings. The lowest BCUT2D eigenvalue weighted by Gasteiger charge is -2.20. The standard InChI is InChI=1S/C20H18ClNO3S/c1-2-22(11-15-8-10-19(21)26-15)20(24)13-25-18-9-7-14-5-3-4-6-16(14)17(18)12-23/h3-10,12H,2,11,13H2,1H3. The van der Waals surface area contributed by atoms with Crippen molar-refractivity contribution >= 4 is 45.9 Å². The van der Waals surface area contributed by atoms with Crippen molar-refractivity contribution in [2.75, 3.05) is 13.2 Å². The zero-order chi connectivity index (χ0) is 18.5. The fourth-order valence-electron chi connectivity index (χ4n) is 2.75. The van der Waals surface area contributed by atoms with Gasteiger partial charge in [-0.2, -0.15) is 0 Å². The number of rotatable bonds is 7. The number of amides is 1. The van der Waals surface area contributed by atoms with Crippen LogP contribution in [0.5, 0.6) is 5.75 Å². The van der Waals surface area contributed by atoms with E-state index in [1.54, 1.807) is 11.0 Å². The van der Waals surface area contributed by atoms with Crippen molar-refractivity contribution in [3.63, 3.8) is 0 Å². The van der Waals surface area contributed by atoms with Gasteiger partial charge in [-0.05, 0) is 35.9 Å². The summed E-state index contributed by atoms with van der Waals surface area (Å²) in [6.07, 6.45) is 0.771. The van der Waals surface area contributed by atoms with Gasteiger partial charge in [0.25, 0.3) is 5.91 Å². The Morgan fingerprint density at radius 1 is 1.19 bits per heavy atom. The predicted molar refractivity (Wildman–Crippen MR) is 105 cm³/mol. The summed E-state index contributed by atoms with van der Waals surface area (Å²) in [5.41, 5.74) is 0.462. The van der Waals surface area contributed by atoms with Crippen LogP contribution in [0.3, 0.4) is 0 Å². The lowest BCUT2D eigenvalue weighted by molar-refractivity contribution is -0.133. The second-order valence-electron chi connectivity index (χ2n) is 5.72. The molecule has 1 aromatic heterocycles. The number of benzene rings is 2. The van der Waals surface area contributed by atoms with Crippen LogP contribution in [0, 0.1) is 0 Å². The highest BCUT2D eigenvalue weighted by Crippen LogP contribution is 2.27. The average Bonchev–Trinajstić information content (AvgIpc) is 3.08. The van der Waals surface area contributed by atoms with E-state index in [-0.39, 0.29) is 12.5 Å². The minimum Gasteiger partial charge on any atom is -0.483 e. The second-order valence-corrected chi connectivity index (χ2v) is 7.52. The molecule has 0 radical (unpaired) electrons. The van der Waals surface area contributed by atoms with E-state index in [9.17, 15) is 9.59 Å². The van der Waals surface area contributed by atoms with Gasteiger partial charge in [0, 0.05) is 11.4 Å². The van der Waals surface area contributed by atoms with Gasteiger partial charge in [-0.25, -0.2) is 0 Å². The van der Waals surface area contributed by atoms with Crippen molar-refractivity contribution in [1.82, 2.24) is 4.90 Å². The molecule has 4 nitrogen and oxygen atoms in total. The molecule has 0 aliphatic heterocycles. The number of ether oxygens (including phenoxy) is 1. The molecule has 0 saturated heterocycles. The zero-order valence-corrected chi connectivity index (χ0v) is 15.8. The van der Waals surface area contributed by atoms with Gasteiger partial charge in [0.1, 0.15) is 5.75 Å². The monoisotopic (exact) mass is 387 g/mol. The van der Waals surface area contributed by atoms with Crippen molar-refractivity contribution in [1.29, 1.82) is 0 Å². The number of likely N-dealkylation sites (N-methyl/N-ethyl adjacent to an activating group) is 1. The number of carbonyl (C=O) groups is 2. The molecule has 1 heterocycles. The molecule has 2 aromatic carbocycles. The highest BCUT2D eigenvalue weighted by atomic mass is 35.5. The van der Waals surface area contributed by atoms with E-state index in [1.807, 2.05) is 49.4 Å². The van der Waals surface area contributed by atoms with Gasteiger partial charge in [-0.15, -0.1) is 11.3 Å². The van der Waals surface area contributed by atoms with Crippen molar-refractivity contribution in [2.24, 2.45) is 0 Å². The molecule has 0 saturated carbocycles. The molecule has 0 aliphatic carbocycles. The molecular formula is C20H18ClNO3S. The lowest BCUT2D eigenvalue weighted by Crippen LogP contribution is -2.34. The topological polar surface area (TPSA) is 46.6 Å². The first kappa shape index (κ1) is 18.4. The summed E-state index contributed by atoms with van der Waals surface area (Å²) >= 11 is 7.40. The Hall–Kier alpha value is -2.37. The number of halogens is 1. The van der Waals surface area contributed by atoms with Crippen LogP contribution in [0.25, 0.3) is 10.8 Å². The molecule has 3 rings (SSSR count). The van der Waals surface area contributed by atoms with Gasteiger partial charge in [0.15, 0.2) is 12.9 Å². The van der Waals surface area contributed by atoms with Crippen LogP contribution < -0.4 is 4.74 Å². The minimum absolute atomic E-state index is 0.119. The van der Waals surface area contributed by atoms with E-state index < -0.39 is 0 Å². The fourth-order valence-corrected chi connectivity index (χ4v) is 3.86. The first-order valence-corrected chi connectivity index (χ1v) is 9.43. The Balaban J connectivity index is 1.72. The zero-order valence-electron chi connectivity index (χ0n) is 14.3. The third-order valence-corrected chi connectivity index (χ3v) is 5.33. The maximum Gasteiger partial charge on any atom is 0.260 e. The number of nitrogens with zero attached hydrogens (tertiary/aromatic N) is 1. The summed E-state index contributed by atoms with van der Waals surface area (Å²) in [6.45, 7) is 2.86. The number of hydrogen-bond acceptors (Lipinski definition) is 4. The molecular weight excluding hydrogens is 370 g/mol. The number of carbonyl (C=O) groups excluding carboxylic acids is 2. The van der Waals surface area contributed by atoms with Gasteiger partial charge < -0.3 is 9.64 Å². The van der Waals surface area contributed by atoms with Crippen molar-refractivity contribution in [3.05, 3.63) is 63.3 Å². The molecule has 0 unspecified atom stereocenters. The largest absolute Gasteiger partial charge is 0.483 e. The van der Waals surface area contributed by atoms with Gasteiger partial charge in [-0.3, -0.25) is 9.59 Å². The normalized spacial score (nSPS) is 10.7. The van der Waals surface area contributed by atoms with Gasteiger partial charge in [0.2, 0.25) is 0 Å². The Labute approximate surface area is 160 Å². The Morgan fingerprint density at radius 2 is 2.00 bits per heavy atom. The first-order chi connectivity index (χ1) is 12.6. The van der Waals surface area contributed by atoms with E-state index in [4.69, 9.17) is 16.3 Å². The molecule has 6 heteroatoms. The third-order valence-electron chi connectivity index (χ3n) is 4.11. The van der Waals surface area contributed by atoms with Crippen molar-refractivity contribution in [3.8, 4) is 5.75 Å². The van der Waals surface area contributed by atoms with Crippen LogP contribution in [0.1, 0.15) is 22.2 Å². The number of hydrogen-bond donors (Lipinski definition) is 0. The number of fused-ring (bicyclic) bond motifs is 1. The average molecular weight is 388 g/mol. The van der Waals surface area contributed by atoms with E-state index in [0.717, 1.165) is 21.9 Å². The quantitative estimate of drug-likeness (QED) is 0.547. The summed E-state index contributed by atoms with van der Waals surface area (Å²) in [4.78, 5) is 26.8. The van der Waals surface area contributed by atoms with Gasteiger partial charge in [0.05, 0.1) is 16.4 Å².